The van der Waals surface area contributed by atoms with Gasteiger partial charge < -0.3 is 10.1 Å². The average Bonchev–Trinajstić information content (AvgIpc) is 2.23. The van der Waals surface area contributed by atoms with E-state index in [9.17, 15) is 0 Å². The van der Waals surface area contributed by atoms with E-state index in [0.29, 0.717) is 5.92 Å². The van der Waals surface area contributed by atoms with E-state index in [-0.39, 0.29) is 0 Å². The summed E-state index contributed by atoms with van der Waals surface area (Å²) in [6.45, 7) is 5.09. The summed E-state index contributed by atoms with van der Waals surface area (Å²) in [5, 5.41) is 3.29. The molecule has 2 rings (SSSR count). The first kappa shape index (κ1) is 11.6. The molecule has 1 N–H and O–H groups in total. The molecular formula is C14H21NO. The lowest BCUT2D eigenvalue weighted by Gasteiger charge is -2.30. The lowest BCUT2D eigenvalue weighted by atomic mass is 9.87. The lowest BCUT2D eigenvalue weighted by molar-refractivity contribution is -0.0384. The highest BCUT2D eigenvalue weighted by molar-refractivity contribution is 5.25. The van der Waals surface area contributed by atoms with Crippen molar-refractivity contribution in [2.75, 3.05) is 26.8 Å². The van der Waals surface area contributed by atoms with E-state index in [0.717, 1.165) is 25.7 Å². The van der Waals surface area contributed by atoms with Crippen LogP contribution in [-0.2, 0) is 4.74 Å². The highest BCUT2D eigenvalue weighted by Crippen LogP contribution is 2.27. The van der Waals surface area contributed by atoms with Crippen molar-refractivity contribution in [3.8, 4) is 0 Å². The van der Waals surface area contributed by atoms with E-state index in [1.54, 1.807) is 0 Å². The molecule has 88 valence electrons. The number of benzene rings is 1. The van der Waals surface area contributed by atoms with Gasteiger partial charge in [0, 0.05) is 12.5 Å². The van der Waals surface area contributed by atoms with Gasteiger partial charge in [0.15, 0.2) is 0 Å². The number of aryl methyl sites for hydroxylation is 1. The molecule has 2 heteroatoms. The predicted octanol–water partition coefficient (Wildman–Crippen LogP) is 2.33. The zero-order valence-corrected chi connectivity index (χ0v) is 10.2. The van der Waals surface area contributed by atoms with Crippen LogP contribution >= 0.6 is 0 Å². The summed E-state index contributed by atoms with van der Waals surface area (Å²) in [4.78, 5) is 0. The zero-order chi connectivity index (χ0) is 11.4. The molecule has 1 aromatic carbocycles. The summed E-state index contributed by atoms with van der Waals surface area (Å²) >= 11 is 0. The average molecular weight is 219 g/mol. The van der Waals surface area contributed by atoms with E-state index in [1.165, 1.54) is 17.5 Å². The predicted molar refractivity (Wildman–Crippen MR) is 66.8 cm³/mol. The normalized spacial score (nSPS) is 18.1. The van der Waals surface area contributed by atoms with Gasteiger partial charge in [-0.3, -0.25) is 0 Å². The van der Waals surface area contributed by atoms with Crippen molar-refractivity contribution in [1.29, 1.82) is 0 Å². The summed E-state index contributed by atoms with van der Waals surface area (Å²) in [5.74, 6) is 1.39. The maximum Gasteiger partial charge on any atom is 0.0516 e. The van der Waals surface area contributed by atoms with Gasteiger partial charge in [0.25, 0.3) is 0 Å². The van der Waals surface area contributed by atoms with Crippen LogP contribution in [0.15, 0.2) is 24.3 Å². The van der Waals surface area contributed by atoms with E-state index in [4.69, 9.17) is 4.74 Å². The Labute approximate surface area is 98.0 Å². The molecule has 0 amide bonds. The van der Waals surface area contributed by atoms with Crippen molar-refractivity contribution < 1.29 is 4.74 Å². The number of nitrogens with one attached hydrogen (secondary N) is 1. The fourth-order valence-corrected chi connectivity index (χ4v) is 2.25. The Morgan fingerprint density at radius 1 is 1.31 bits per heavy atom. The van der Waals surface area contributed by atoms with Crippen LogP contribution in [0, 0.1) is 12.8 Å². The molecule has 1 heterocycles. The molecule has 1 aromatic rings. The van der Waals surface area contributed by atoms with Crippen molar-refractivity contribution in [1.82, 2.24) is 5.32 Å². The van der Waals surface area contributed by atoms with Crippen LogP contribution in [0.25, 0.3) is 0 Å². The summed E-state index contributed by atoms with van der Waals surface area (Å²) < 4.78 is 5.25. The Morgan fingerprint density at radius 2 is 2.00 bits per heavy atom. The van der Waals surface area contributed by atoms with Gasteiger partial charge in [-0.2, -0.15) is 0 Å². The molecule has 0 radical (unpaired) electrons. The number of ether oxygens (including phenoxy) is 1. The van der Waals surface area contributed by atoms with Crippen LogP contribution in [-0.4, -0.2) is 26.8 Å². The molecule has 1 saturated heterocycles. The Balaban J connectivity index is 2.01. The second-order valence-corrected chi connectivity index (χ2v) is 4.80. The minimum absolute atomic E-state index is 0.625. The molecule has 0 aliphatic carbocycles. The van der Waals surface area contributed by atoms with Gasteiger partial charge in [0.05, 0.1) is 13.2 Å². The van der Waals surface area contributed by atoms with Crippen LogP contribution in [0.3, 0.4) is 0 Å². The van der Waals surface area contributed by atoms with Crippen molar-refractivity contribution in [2.45, 2.75) is 19.3 Å². The van der Waals surface area contributed by atoms with Gasteiger partial charge in [-0.05, 0) is 31.9 Å². The van der Waals surface area contributed by atoms with E-state index >= 15 is 0 Å². The van der Waals surface area contributed by atoms with Crippen LogP contribution < -0.4 is 5.32 Å². The Morgan fingerprint density at radius 3 is 2.50 bits per heavy atom. The smallest absolute Gasteiger partial charge is 0.0516 e. The molecule has 1 aliphatic heterocycles. The van der Waals surface area contributed by atoms with Crippen molar-refractivity contribution in [3.05, 3.63) is 35.4 Å². The summed E-state index contributed by atoms with van der Waals surface area (Å²) in [6, 6.07) is 8.93. The van der Waals surface area contributed by atoms with Gasteiger partial charge in [-0.15, -0.1) is 0 Å². The maximum atomic E-state index is 5.25. The highest BCUT2D eigenvalue weighted by Gasteiger charge is 2.23. The van der Waals surface area contributed by atoms with Crippen molar-refractivity contribution in [2.24, 2.45) is 5.92 Å². The standard InChI is InChI=1S/C14H21NO/c1-11-3-5-13(6-4-11)14(8-15-2)7-12-9-16-10-12/h3-6,12,14-15H,7-10H2,1-2H3. The van der Waals surface area contributed by atoms with Gasteiger partial charge in [0.2, 0.25) is 0 Å². The molecule has 0 bridgehead atoms. The lowest BCUT2D eigenvalue weighted by Crippen LogP contribution is -2.31. The molecule has 1 unspecified atom stereocenters. The number of hydrogen-bond donors (Lipinski definition) is 1. The van der Waals surface area contributed by atoms with E-state index < -0.39 is 0 Å². The molecule has 1 aliphatic rings. The molecule has 16 heavy (non-hydrogen) atoms. The van der Waals surface area contributed by atoms with Gasteiger partial charge in [-0.1, -0.05) is 29.8 Å². The van der Waals surface area contributed by atoms with Crippen molar-refractivity contribution >= 4 is 0 Å². The summed E-state index contributed by atoms with van der Waals surface area (Å²) in [5.41, 5.74) is 2.78. The van der Waals surface area contributed by atoms with Crippen LogP contribution in [0.1, 0.15) is 23.5 Å². The Bertz CT molecular complexity index is 316. The zero-order valence-electron chi connectivity index (χ0n) is 10.2. The SMILES string of the molecule is CNCC(CC1COC1)c1ccc(C)cc1. The van der Waals surface area contributed by atoms with Crippen LogP contribution in [0.5, 0.6) is 0 Å². The van der Waals surface area contributed by atoms with Crippen LogP contribution in [0.2, 0.25) is 0 Å². The van der Waals surface area contributed by atoms with Gasteiger partial charge in [0.1, 0.15) is 0 Å². The fourth-order valence-electron chi connectivity index (χ4n) is 2.25. The molecule has 2 nitrogen and oxygen atoms in total. The third-order valence-electron chi connectivity index (χ3n) is 3.32. The molecule has 0 saturated carbocycles. The summed E-state index contributed by atoms with van der Waals surface area (Å²) in [6.07, 6.45) is 1.24. The second-order valence-electron chi connectivity index (χ2n) is 4.80. The first-order valence-corrected chi connectivity index (χ1v) is 6.08. The highest BCUT2D eigenvalue weighted by atomic mass is 16.5. The molecule has 1 atom stereocenters. The largest absolute Gasteiger partial charge is 0.381 e. The maximum absolute atomic E-state index is 5.25. The van der Waals surface area contributed by atoms with E-state index in [1.807, 2.05) is 7.05 Å². The monoisotopic (exact) mass is 219 g/mol. The first-order valence-electron chi connectivity index (χ1n) is 6.08. The van der Waals surface area contributed by atoms with Gasteiger partial charge >= 0.3 is 0 Å². The Hall–Kier alpha value is -0.860. The van der Waals surface area contributed by atoms with Gasteiger partial charge in [-0.25, -0.2) is 0 Å². The molecular weight excluding hydrogens is 198 g/mol. The number of rotatable bonds is 5. The quantitative estimate of drug-likeness (QED) is 0.820. The molecule has 1 fully saturated rings. The van der Waals surface area contributed by atoms with Crippen molar-refractivity contribution in [3.63, 3.8) is 0 Å². The topological polar surface area (TPSA) is 21.3 Å². The molecule has 0 aromatic heterocycles. The number of hydrogen-bond acceptors (Lipinski definition) is 2. The first-order chi connectivity index (χ1) is 7.79. The minimum atomic E-state index is 0.625. The third kappa shape index (κ3) is 2.83. The van der Waals surface area contributed by atoms with E-state index in [2.05, 4.69) is 36.5 Å². The minimum Gasteiger partial charge on any atom is -0.381 e. The third-order valence-corrected chi connectivity index (χ3v) is 3.32. The number of likely N-dealkylation sites (N-methyl/N-ethyl adjacent to an activating group) is 1. The summed E-state index contributed by atoms with van der Waals surface area (Å²) in [7, 11) is 2.03. The Kier molecular flexibility index (Phi) is 3.97. The fraction of sp³-hybridized carbons (Fsp3) is 0.571. The van der Waals surface area contributed by atoms with Crippen LogP contribution in [0.4, 0.5) is 0 Å². The molecule has 0 spiro atoms. The second kappa shape index (κ2) is 5.46.